The maximum Gasteiger partial charge on any atom is 0.410 e. The van der Waals surface area contributed by atoms with Crippen LogP contribution in [0.1, 0.15) is 65.5 Å². The quantitative estimate of drug-likeness (QED) is 0.527. The van der Waals surface area contributed by atoms with Crippen LogP contribution in [-0.2, 0) is 19.1 Å². The van der Waals surface area contributed by atoms with Gasteiger partial charge in [-0.3, -0.25) is 14.6 Å². The third-order valence-electron chi connectivity index (χ3n) is 6.49. The minimum absolute atomic E-state index is 0.0801. The smallest absolute Gasteiger partial charge is 0.410 e. The topological polar surface area (TPSA) is 101 Å². The number of hydrogen-bond acceptors (Lipinski definition) is 7. The number of amides is 2. The van der Waals surface area contributed by atoms with Gasteiger partial charge in [0.25, 0.3) is 0 Å². The molecule has 0 bridgehead atoms. The van der Waals surface area contributed by atoms with Crippen molar-refractivity contribution >= 4 is 35.1 Å². The zero-order valence-corrected chi connectivity index (χ0v) is 24.3. The Morgan fingerprint density at radius 2 is 1.55 bits per heavy atom. The van der Waals surface area contributed by atoms with Crippen LogP contribution in [0.4, 0.5) is 16.2 Å². The Morgan fingerprint density at radius 3 is 2.17 bits per heavy atom. The number of anilines is 2. The molecule has 0 saturated carbocycles. The molecule has 2 amide bonds. The molecule has 1 N–H and O–H groups in total. The van der Waals surface area contributed by atoms with E-state index in [1.807, 2.05) is 90.1 Å². The van der Waals surface area contributed by atoms with Crippen molar-refractivity contribution in [1.82, 2.24) is 4.90 Å². The molecule has 214 valence electrons. The number of esters is 1. The molecule has 0 unspecified atom stereocenters. The highest BCUT2D eigenvalue weighted by Gasteiger charge is 2.31. The number of fused-ring (bicyclic) bond motifs is 1. The van der Waals surface area contributed by atoms with E-state index >= 15 is 0 Å². The summed E-state index contributed by atoms with van der Waals surface area (Å²) in [5, 5.41) is 3.12. The Kier molecular flexibility index (Phi) is 8.51. The molecule has 1 atom stereocenters. The summed E-state index contributed by atoms with van der Waals surface area (Å²) >= 11 is 0. The van der Waals surface area contributed by atoms with E-state index in [0.717, 1.165) is 16.8 Å². The first-order valence-corrected chi connectivity index (χ1v) is 13.8. The van der Waals surface area contributed by atoms with Crippen LogP contribution in [0.3, 0.4) is 0 Å². The Bertz CT molecular complexity index is 1270. The van der Waals surface area contributed by atoms with Crippen molar-refractivity contribution in [2.45, 2.75) is 71.6 Å². The van der Waals surface area contributed by atoms with Gasteiger partial charge in [-0.2, -0.15) is 0 Å². The summed E-state index contributed by atoms with van der Waals surface area (Å²) in [6.07, 6.45) is -0.00945. The lowest BCUT2D eigenvalue weighted by Gasteiger charge is -2.37. The van der Waals surface area contributed by atoms with Crippen LogP contribution in [0.5, 0.6) is 0 Å². The van der Waals surface area contributed by atoms with Gasteiger partial charge < -0.3 is 24.6 Å². The molecule has 1 saturated heterocycles. The zero-order chi connectivity index (χ0) is 29.1. The number of para-hydroxylation sites is 1. The van der Waals surface area contributed by atoms with Crippen molar-refractivity contribution in [3.05, 3.63) is 59.7 Å². The number of carbonyl (C=O) groups is 3. The van der Waals surface area contributed by atoms with Gasteiger partial charge in [-0.1, -0.05) is 42.5 Å². The minimum atomic E-state index is -0.757. The first-order valence-electron chi connectivity index (χ1n) is 13.8. The van der Waals surface area contributed by atoms with E-state index in [-0.39, 0.29) is 30.8 Å². The third kappa shape index (κ3) is 7.40. The first-order chi connectivity index (χ1) is 18.8. The molecule has 2 aliphatic heterocycles. The number of rotatable bonds is 5. The van der Waals surface area contributed by atoms with Crippen LogP contribution in [-0.4, -0.2) is 72.0 Å². The van der Waals surface area contributed by atoms with E-state index in [4.69, 9.17) is 14.5 Å². The normalized spacial score (nSPS) is 17.8. The van der Waals surface area contributed by atoms with Gasteiger partial charge in [0.05, 0.1) is 17.1 Å². The standard InChI is InChI=1S/C31H40N4O5/c1-30(2,3)39-25(36)16-15-23-28(37)33-27-22(26(32-23)21-11-8-7-9-12-21)13-10-14-24(27)34-17-19-35(20-18-34)29(38)40-31(4,5)6/h7-14,23H,15-20H2,1-6H3,(H,33,37)/t23-/m1/s1. The maximum atomic E-state index is 13.5. The first kappa shape index (κ1) is 29.1. The largest absolute Gasteiger partial charge is 0.460 e. The van der Waals surface area contributed by atoms with E-state index in [2.05, 4.69) is 10.2 Å². The van der Waals surface area contributed by atoms with E-state index in [1.54, 1.807) is 4.90 Å². The van der Waals surface area contributed by atoms with Gasteiger partial charge in [-0.25, -0.2) is 4.79 Å². The minimum Gasteiger partial charge on any atom is -0.460 e. The predicted octanol–water partition coefficient (Wildman–Crippen LogP) is 5.02. The summed E-state index contributed by atoms with van der Waals surface area (Å²) in [6, 6.07) is 14.9. The van der Waals surface area contributed by atoms with E-state index in [0.29, 0.717) is 37.6 Å². The highest BCUT2D eigenvalue weighted by atomic mass is 16.6. The fraction of sp³-hybridized carbons (Fsp3) is 0.484. The molecule has 2 heterocycles. The van der Waals surface area contributed by atoms with Crippen LogP contribution in [0, 0.1) is 0 Å². The summed E-state index contributed by atoms with van der Waals surface area (Å²) in [5.74, 6) is -0.627. The second-order valence-corrected chi connectivity index (χ2v) is 12.1. The molecule has 0 aromatic heterocycles. The SMILES string of the molecule is CC(C)(C)OC(=O)CC[C@H]1N=C(c2ccccc2)c2cccc(N3CCN(C(=O)OC(C)(C)C)CC3)c2NC1=O. The second-order valence-electron chi connectivity index (χ2n) is 12.1. The van der Waals surface area contributed by atoms with E-state index in [1.165, 1.54) is 0 Å². The van der Waals surface area contributed by atoms with Crippen molar-refractivity contribution in [1.29, 1.82) is 0 Å². The number of ether oxygens (including phenoxy) is 2. The second kappa shape index (κ2) is 11.7. The van der Waals surface area contributed by atoms with Crippen LogP contribution < -0.4 is 10.2 Å². The number of benzene rings is 2. The summed E-state index contributed by atoms with van der Waals surface area (Å²) in [5.41, 5.74) is 2.78. The van der Waals surface area contributed by atoms with Crippen molar-refractivity contribution in [3.8, 4) is 0 Å². The van der Waals surface area contributed by atoms with Gasteiger partial charge in [0.15, 0.2) is 0 Å². The molecule has 0 radical (unpaired) electrons. The van der Waals surface area contributed by atoms with Gasteiger partial charge >= 0.3 is 12.1 Å². The lowest BCUT2D eigenvalue weighted by Crippen LogP contribution is -2.50. The van der Waals surface area contributed by atoms with Gasteiger partial charge in [-0.05, 0) is 54.0 Å². The molecule has 9 nitrogen and oxygen atoms in total. The van der Waals surface area contributed by atoms with Crippen molar-refractivity contribution in [3.63, 3.8) is 0 Å². The zero-order valence-electron chi connectivity index (χ0n) is 24.3. The molecule has 4 rings (SSSR count). The van der Waals surface area contributed by atoms with Crippen LogP contribution in [0.15, 0.2) is 53.5 Å². The molecule has 0 aliphatic carbocycles. The Hall–Kier alpha value is -3.88. The lowest BCUT2D eigenvalue weighted by molar-refractivity contribution is -0.155. The van der Waals surface area contributed by atoms with Gasteiger partial charge in [0.2, 0.25) is 5.91 Å². The molecular formula is C31H40N4O5. The van der Waals surface area contributed by atoms with Crippen LogP contribution in [0.25, 0.3) is 0 Å². The summed E-state index contributed by atoms with van der Waals surface area (Å²) in [4.78, 5) is 47.3. The van der Waals surface area contributed by atoms with Gasteiger partial charge in [0.1, 0.15) is 17.2 Å². The van der Waals surface area contributed by atoms with Crippen molar-refractivity contribution in [2.24, 2.45) is 4.99 Å². The average molecular weight is 549 g/mol. The van der Waals surface area contributed by atoms with Crippen molar-refractivity contribution in [2.75, 3.05) is 36.4 Å². The third-order valence-corrected chi connectivity index (χ3v) is 6.49. The molecule has 2 aromatic carbocycles. The highest BCUT2D eigenvalue weighted by molar-refractivity contribution is 6.21. The predicted molar refractivity (Wildman–Crippen MR) is 156 cm³/mol. The number of carbonyl (C=O) groups excluding carboxylic acids is 3. The van der Waals surface area contributed by atoms with Crippen molar-refractivity contribution < 1.29 is 23.9 Å². The maximum absolute atomic E-state index is 13.5. The molecule has 40 heavy (non-hydrogen) atoms. The van der Waals surface area contributed by atoms with Crippen LogP contribution in [0.2, 0.25) is 0 Å². The summed E-state index contributed by atoms with van der Waals surface area (Å²) in [7, 11) is 0. The van der Waals surface area contributed by atoms with Gasteiger partial charge in [-0.15, -0.1) is 0 Å². The fourth-order valence-electron chi connectivity index (χ4n) is 4.75. The summed E-state index contributed by atoms with van der Waals surface area (Å²) in [6.45, 7) is 13.2. The number of hydrogen-bond donors (Lipinski definition) is 1. The number of nitrogens with one attached hydrogen (secondary N) is 1. The van der Waals surface area contributed by atoms with E-state index < -0.39 is 17.2 Å². The fourth-order valence-corrected chi connectivity index (χ4v) is 4.75. The highest BCUT2D eigenvalue weighted by Crippen LogP contribution is 2.35. The number of aliphatic imine (C=N–C) groups is 1. The van der Waals surface area contributed by atoms with E-state index in [9.17, 15) is 14.4 Å². The van der Waals surface area contributed by atoms with Gasteiger partial charge in [0, 0.05) is 43.7 Å². The molecule has 0 spiro atoms. The Morgan fingerprint density at radius 1 is 0.900 bits per heavy atom. The lowest BCUT2D eigenvalue weighted by atomic mass is 9.99. The average Bonchev–Trinajstić information content (AvgIpc) is 3.02. The molecule has 2 aromatic rings. The molecule has 1 fully saturated rings. The summed E-state index contributed by atoms with van der Waals surface area (Å²) < 4.78 is 11.0. The Labute approximate surface area is 236 Å². The Balaban J connectivity index is 1.60. The number of piperazine rings is 1. The molecular weight excluding hydrogens is 508 g/mol. The molecule has 9 heteroatoms. The molecule has 2 aliphatic rings. The number of nitrogens with zero attached hydrogens (tertiary/aromatic N) is 3. The number of benzodiazepines with no additional fused rings is 1. The monoisotopic (exact) mass is 548 g/mol. The van der Waals surface area contributed by atoms with Crippen LogP contribution >= 0.6 is 0 Å².